The molecular formula is C13H14BrFN4O. The molecule has 1 aromatic carbocycles. The highest BCUT2D eigenvalue weighted by Crippen LogP contribution is 2.30. The monoisotopic (exact) mass is 340 g/mol. The van der Waals surface area contributed by atoms with E-state index in [4.69, 9.17) is 10.6 Å². The Kier molecular flexibility index (Phi) is 4.51. The number of anilines is 1. The van der Waals surface area contributed by atoms with E-state index in [1.165, 1.54) is 12.1 Å². The predicted octanol–water partition coefficient (Wildman–Crippen LogP) is 3.33. The Morgan fingerprint density at radius 3 is 2.80 bits per heavy atom. The highest BCUT2D eigenvalue weighted by atomic mass is 79.9. The molecule has 0 spiro atoms. The van der Waals surface area contributed by atoms with E-state index in [0.29, 0.717) is 28.1 Å². The summed E-state index contributed by atoms with van der Waals surface area (Å²) in [7, 11) is 0. The average molecular weight is 341 g/mol. The van der Waals surface area contributed by atoms with Gasteiger partial charge < -0.3 is 10.2 Å². The summed E-state index contributed by atoms with van der Waals surface area (Å²) >= 11 is 3.27. The molecule has 0 unspecified atom stereocenters. The normalized spacial score (nSPS) is 10.4. The second-order valence-corrected chi connectivity index (χ2v) is 5.01. The number of rotatable bonds is 4. The van der Waals surface area contributed by atoms with Crippen LogP contribution in [0.5, 0.6) is 11.6 Å². The van der Waals surface area contributed by atoms with E-state index >= 15 is 0 Å². The summed E-state index contributed by atoms with van der Waals surface area (Å²) in [5, 5.41) is 0. The lowest BCUT2D eigenvalue weighted by molar-refractivity contribution is 0.421. The third-order valence-corrected chi connectivity index (χ3v) is 3.19. The lowest BCUT2D eigenvalue weighted by atomic mass is 10.3. The van der Waals surface area contributed by atoms with Crippen molar-refractivity contribution in [2.24, 2.45) is 5.84 Å². The molecule has 0 saturated heterocycles. The van der Waals surface area contributed by atoms with Gasteiger partial charge in [0.2, 0.25) is 5.88 Å². The molecule has 5 nitrogen and oxygen atoms in total. The molecule has 20 heavy (non-hydrogen) atoms. The minimum atomic E-state index is -0.466. The third-order valence-electron chi connectivity index (χ3n) is 2.70. The van der Waals surface area contributed by atoms with Crippen molar-refractivity contribution in [1.29, 1.82) is 0 Å². The first-order valence-electron chi connectivity index (χ1n) is 6.02. The van der Waals surface area contributed by atoms with Crippen molar-refractivity contribution >= 4 is 21.7 Å². The molecule has 2 aromatic rings. The summed E-state index contributed by atoms with van der Waals surface area (Å²) < 4.78 is 20.0. The molecule has 0 fully saturated rings. The zero-order chi connectivity index (χ0) is 14.7. The number of ether oxygens (including phenoxy) is 1. The highest BCUT2D eigenvalue weighted by Gasteiger charge is 2.14. The van der Waals surface area contributed by atoms with Crippen LogP contribution >= 0.6 is 15.9 Å². The maximum absolute atomic E-state index is 13.7. The van der Waals surface area contributed by atoms with Gasteiger partial charge in [0, 0.05) is 10.9 Å². The van der Waals surface area contributed by atoms with Gasteiger partial charge in [-0.3, -0.25) is 0 Å². The van der Waals surface area contributed by atoms with Crippen LogP contribution in [0.4, 0.5) is 10.2 Å². The third kappa shape index (κ3) is 3.05. The molecule has 0 atom stereocenters. The Hall–Kier alpha value is -1.73. The fraction of sp³-hybridized carbons (Fsp3) is 0.231. The van der Waals surface area contributed by atoms with E-state index in [2.05, 4.69) is 31.3 Å². The molecule has 0 bridgehead atoms. The molecule has 7 heteroatoms. The van der Waals surface area contributed by atoms with Crippen LogP contribution in [0, 0.1) is 12.7 Å². The molecular weight excluding hydrogens is 327 g/mol. The van der Waals surface area contributed by atoms with Crippen molar-refractivity contribution < 1.29 is 9.13 Å². The molecule has 2 rings (SSSR count). The molecule has 1 aromatic heterocycles. The Morgan fingerprint density at radius 2 is 2.15 bits per heavy atom. The number of hydrogen-bond acceptors (Lipinski definition) is 5. The number of hydrazine groups is 1. The molecule has 0 aliphatic rings. The topological polar surface area (TPSA) is 73.1 Å². The van der Waals surface area contributed by atoms with Crippen LogP contribution in [0.15, 0.2) is 22.7 Å². The Labute approximate surface area is 124 Å². The molecule has 0 radical (unpaired) electrons. The van der Waals surface area contributed by atoms with Crippen LogP contribution < -0.4 is 16.0 Å². The van der Waals surface area contributed by atoms with Crippen LogP contribution in [0.25, 0.3) is 0 Å². The van der Waals surface area contributed by atoms with Crippen molar-refractivity contribution in [2.75, 3.05) is 5.43 Å². The zero-order valence-corrected chi connectivity index (χ0v) is 12.7. The minimum Gasteiger partial charge on any atom is -0.435 e. The van der Waals surface area contributed by atoms with Gasteiger partial charge in [0.25, 0.3) is 0 Å². The number of aryl methyl sites for hydroxylation is 1. The lowest BCUT2D eigenvalue weighted by Gasteiger charge is -2.12. The van der Waals surface area contributed by atoms with Gasteiger partial charge in [0.05, 0.1) is 5.56 Å². The fourth-order valence-corrected chi connectivity index (χ4v) is 1.94. The van der Waals surface area contributed by atoms with Crippen LogP contribution in [0.2, 0.25) is 0 Å². The van der Waals surface area contributed by atoms with Crippen LogP contribution in [-0.2, 0) is 6.42 Å². The number of nitrogens with two attached hydrogens (primary N) is 1. The Bertz CT molecular complexity index is 636. The van der Waals surface area contributed by atoms with Gasteiger partial charge in [-0.05, 0) is 25.1 Å². The zero-order valence-electron chi connectivity index (χ0n) is 11.1. The summed E-state index contributed by atoms with van der Waals surface area (Å²) in [4.78, 5) is 8.48. The van der Waals surface area contributed by atoms with Crippen molar-refractivity contribution in [3.63, 3.8) is 0 Å². The predicted molar refractivity (Wildman–Crippen MR) is 78.1 cm³/mol. The van der Waals surface area contributed by atoms with E-state index in [1.54, 1.807) is 13.0 Å². The first-order chi connectivity index (χ1) is 9.55. The van der Waals surface area contributed by atoms with Crippen molar-refractivity contribution in [3.05, 3.63) is 39.9 Å². The summed E-state index contributed by atoms with van der Waals surface area (Å²) in [5.74, 6) is 6.34. The Morgan fingerprint density at radius 1 is 1.40 bits per heavy atom. The number of nitrogens with zero attached hydrogens (tertiary/aromatic N) is 2. The molecule has 0 amide bonds. The van der Waals surface area contributed by atoms with Gasteiger partial charge in [-0.25, -0.2) is 15.2 Å². The second kappa shape index (κ2) is 6.15. The SMILES string of the molecule is CCc1nc(NN)c(C)c(Oc2cc(Br)ccc2F)n1. The first kappa shape index (κ1) is 14.7. The van der Waals surface area contributed by atoms with Crippen LogP contribution in [0.3, 0.4) is 0 Å². The summed E-state index contributed by atoms with van der Waals surface area (Å²) in [5.41, 5.74) is 3.10. The van der Waals surface area contributed by atoms with Gasteiger partial charge in [-0.2, -0.15) is 4.98 Å². The van der Waals surface area contributed by atoms with E-state index < -0.39 is 5.82 Å². The number of aromatic nitrogens is 2. The Balaban J connectivity index is 2.44. The summed E-state index contributed by atoms with van der Waals surface area (Å²) in [6.45, 7) is 3.66. The number of benzene rings is 1. The molecule has 0 aliphatic carbocycles. The quantitative estimate of drug-likeness (QED) is 0.659. The lowest BCUT2D eigenvalue weighted by Crippen LogP contribution is -2.13. The van der Waals surface area contributed by atoms with Crippen molar-refractivity contribution in [3.8, 4) is 11.6 Å². The van der Waals surface area contributed by atoms with E-state index in [1.807, 2.05) is 6.92 Å². The van der Waals surface area contributed by atoms with E-state index in [0.717, 1.165) is 0 Å². The maximum Gasteiger partial charge on any atom is 0.227 e. The standard InChI is InChI=1S/C13H14BrFN4O/c1-3-11-17-12(19-16)7(2)13(18-11)20-10-6-8(14)4-5-9(10)15/h4-6H,3,16H2,1-2H3,(H,17,18,19). The maximum atomic E-state index is 13.7. The minimum absolute atomic E-state index is 0.0891. The van der Waals surface area contributed by atoms with Crippen molar-refractivity contribution in [1.82, 2.24) is 9.97 Å². The number of halogens is 2. The largest absolute Gasteiger partial charge is 0.435 e. The first-order valence-corrected chi connectivity index (χ1v) is 6.81. The fourth-order valence-electron chi connectivity index (χ4n) is 1.60. The number of nitrogen functional groups attached to an aromatic ring is 1. The summed E-state index contributed by atoms with van der Waals surface area (Å²) in [6, 6.07) is 4.45. The number of hydrogen-bond donors (Lipinski definition) is 2. The molecule has 0 aliphatic heterocycles. The van der Waals surface area contributed by atoms with Gasteiger partial charge in [-0.1, -0.05) is 22.9 Å². The van der Waals surface area contributed by atoms with Crippen molar-refractivity contribution in [2.45, 2.75) is 20.3 Å². The molecule has 106 valence electrons. The molecule has 1 heterocycles. The van der Waals surface area contributed by atoms with E-state index in [9.17, 15) is 4.39 Å². The molecule has 3 N–H and O–H groups in total. The highest BCUT2D eigenvalue weighted by molar-refractivity contribution is 9.10. The summed E-state index contributed by atoms with van der Waals surface area (Å²) in [6.07, 6.45) is 0.617. The van der Waals surface area contributed by atoms with Gasteiger partial charge in [-0.15, -0.1) is 0 Å². The van der Waals surface area contributed by atoms with Crippen LogP contribution in [0.1, 0.15) is 18.3 Å². The molecule has 0 saturated carbocycles. The number of nitrogens with one attached hydrogen (secondary N) is 1. The van der Waals surface area contributed by atoms with Gasteiger partial charge in [0.1, 0.15) is 11.6 Å². The average Bonchev–Trinajstić information content (AvgIpc) is 2.45. The van der Waals surface area contributed by atoms with Gasteiger partial charge in [0.15, 0.2) is 11.6 Å². The van der Waals surface area contributed by atoms with Gasteiger partial charge >= 0.3 is 0 Å². The second-order valence-electron chi connectivity index (χ2n) is 4.09. The van der Waals surface area contributed by atoms with Crippen LogP contribution in [-0.4, -0.2) is 9.97 Å². The van der Waals surface area contributed by atoms with E-state index in [-0.39, 0.29) is 11.6 Å². The smallest absolute Gasteiger partial charge is 0.227 e.